The number of rotatable bonds is 6. The lowest BCUT2D eigenvalue weighted by Gasteiger charge is -2.12. The largest absolute Gasteiger partial charge is 0.534 e. The van der Waals surface area contributed by atoms with Crippen LogP contribution in [0.15, 0.2) is 71.6 Å². The van der Waals surface area contributed by atoms with E-state index < -0.39 is 38.6 Å². The molecular formula is C24H16F5NO3S2. The molecule has 0 saturated carbocycles. The summed E-state index contributed by atoms with van der Waals surface area (Å²) in [5.74, 6) is -1.85. The quantitative estimate of drug-likeness (QED) is 0.117. The molecule has 35 heavy (non-hydrogen) atoms. The van der Waals surface area contributed by atoms with Gasteiger partial charge in [0.05, 0.1) is 16.8 Å². The highest BCUT2D eigenvalue weighted by molar-refractivity contribution is 7.98. The van der Waals surface area contributed by atoms with Gasteiger partial charge in [0.2, 0.25) is 0 Å². The van der Waals surface area contributed by atoms with Crippen molar-refractivity contribution in [2.45, 2.75) is 23.1 Å². The predicted octanol–water partition coefficient (Wildman–Crippen LogP) is 7.01. The molecule has 0 aliphatic rings. The third-order valence-corrected chi connectivity index (χ3v) is 7.02. The summed E-state index contributed by atoms with van der Waals surface area (Å²) in [5.41, 5.74) is -4.60. The van der Waals surface area contributed by atoms with Gasteiger partial charge in [0, 0.05) is 22.1 Å². The monoisotopic (exact) mass is 525 g/mol. The second-order valence-corrected chi connectivity index (χ2v) is 10.1. The molecule has 0 atom stereocenters. The van der Waals surface area contributed by atoms with Crippen LogP contribution in [0.5, 0.6) is 5.75 Å². The average Bonchev–Trinajstić information content (AvgIpc) is 2.77. The molecule has 0 N–H and O–H groups in total. The molecule has 0 aliphatic carbocycles. The minimum atomic E-state index is -5.89. The van der Waals surface area contributed by atoms with Gasteiger partial charge < -0.3 is 4.18 Å². The van der Waals surface area contributed by atoms with E-state index in [0.717, 1.165) is 17.7 Å². The van der Waals surface area contributed by atoms with Gasteiger partial charge in [0.1, 0.15) is 17.4 Å². The number of thioether (sulfide) groups is 1. The van der Waals surface area contributed by atoms with Crippen molar-refractivity contribution in [2.75, 3.05) is 0 Å². The maximum atomic E-state index is 15.0. The first-order valence-corrected chi connectivity index (χ1v) is 12.4. The van der Waals surface area contributed by atoms with Gasteiger partial charge >= 0.3 is 15.6 Å². The molecule has 11 heteroatoms. The summed E-state index contributed by atoms with van der Waals surface area (Å²) in [6.45, 7) is 1.63. The predicted molar refractivity (Wildman–Crippen MR) is 123 cm³/mol. The maximum absolute atomic E-state index is 15.0. The Morgan fingerprint density at radius 2 is 1.60 bits per heavy atom. The number of pyridine rings is 1. The molecule has 4 nitrogen and oxygen atoms in total. The van der Waals surface area contributed by atoms with Gasteiger partial charge in [0.25, 0.3) is 0 Å². The van der Waals surface area contributed by atoms with Crippen molar-refractivity contribution < 1.29 is 34.6 Å². The average molecular weight is 526 g/mol. The van der Waals surface area contributed by atoms with E-state index in [1.165, 1.54) is 36.0 Å². The molecule has 0 radical (unpaired) electrons. The van der Waals surface area contributed by atoms with Gasteiger partial charge in [-0.25, -0.2) is 13.8 Å². The highest BCUT2D eigenvalue weighted by Gasteiger charge is 2.48. The Bertz CT molecular complexity index is 1480. The summed E-state index contributed by atoms with van der Waals surface area (Å²) in [4.78, 5) is 4.53. The standard InChI is InChI=1S/C24H16F5NO3S2/c1-14-9-22(30-21-10-16(7-8-18(14)21)33-35(31,32)24(27,28)29)23-19(25)11-17(12-20(23)26)34-13-15-5-3-2-4-6-15/h2-12H,13H2,1H3. The minimum Gasteiger partial charge on any atom is -0.376 e. The zero-order valence-electron chi connectivity index (χ0n) is 17.9. The number of fused-ring (bicyclic) bond motifs is 1. The van der Waals surface area contributed by atoms with Crippen molar-refractivity contribution >= 4 is 32.8 Å². The lowest BCUT2D eigenvalue weighted by molar-refractivity contribution is -0.0500. The molecule has 1 heterocycles. The van der Waals surface area contributed by atoms with Gasteiger partial charge in [-0.3, -0.25) is 0 Å². The second kappa shape index (κ2) is 9.46. The number of nitrogens with zero attached hydrogens (tertiary/aromatic N) is 1. The Morgan fingerprint density at radius 1 is 0.943 bits per heavy atom. The summed E-state index contributed by atoms with van der Waals surface area (Å²) in [6.07, 6.45) is 0. The van der Waals surface area contributed by atoms with E-state index in [-0.39, 0.29) is 11.2 Å². The van der Waals surface area contributed by atoms with Crippen LogP contribution in [-0.4, -0.2) is 18.9 Å². The van der Waals surface area contributed by atoms with Crippen LogP contribution in [0.2, 0.25) is 0 Å². The highest BCUT2D eigenvalue weighted by atomic mass is 32.2. The lowest BCUT2D eigenvalue weighted by atomic mass is 10.0. The van der Waals surface area contributed by atoms with E-state index in [4.69, 9.17) is 0 Å². The van der Waals surface area contributed by atoms with E-state index in [1.807, 2.05) is 30.3 Å². The van der Waals surface area contributed by atoms with Crippen molar-refractivity contribution in [1.29, 1.82) is 0 Å². The molecule has 0 fully saturated rings. The minimum absolute atomic E-state index is 0.0104. The number of benzene rings is 3. The molecule has 0 spiro atoms. The first-order valence-electron chi connectivity index (χ1n) is 10.0. The van der Waals surface area contributed by atoms with Crippen molar-refractivity contribution in [3.63, 3.8) is 0 Å². The van der Waals surface area contributed by atoms with Crippen LogP contribution in [0, 0.1) is 18.6 Å². The fourth-order valence-electron chi connectivity index (χ4n) is 3.35. The number of hydrogen-bond acceptors (Lipinski definition) is 5. The topological polar surface area (TPSA) is 56.3 Å². The Kier molecular flexibility index (Phi) is 6.74. The van der Waals surface area contributed by atoms with E-state index in [2.05, 4.69) is 9.17 Å². The SMILES string of the molecule is Cc1cc(-c2c(F)cc(SCc3ccccc3)cc2F)nc2cc(OS(=O)(=O)C(F)(F)F)ccc12. The molecule has 0 amide bonds. The lowest BCUT2D eigenvalue weighted by Crippen LogP contribution is -2.28. The molecule has 3 aromatic carbocycles. The third-order valence-electron chi connectivity index (χ3n) is 5.00. The molecule has 0 unspecified atom stereocenters. The van der Waals surface area contributed by atoms with Crippen molar-refractivity contribution in [2.24, 2.45) is 0 Å². The Hall–Kier alpha value is -3.18. The highest BCUT2D eigenvalue weighted by Crippen LogP contribution is 2.34. The van der Waals surface area contributed by atoms with E-state index in [0.29, 0.717) is 21.6 Å². The number of hydrogen-bond donors (Lipinski definition) is 0. The van der Waals surface area contributed by atoms with Gasteiger partial charge in [-0.05, 0) is 48.4 Å². The molecule has 0 bridgehead atoms. The summed E-state index contributed by atoms with van der Waals surface area (Å²) >= 11 is 1.25. The molecule has 4 aromatic rings. The van der Waals surface area contributed by atoms with Crippen LogP contribution in [0.4, 0.5) is 22.0 Å². The van der Waals surface area contributed by atoms with Crippen LogP contribution >= 0.6 is 11.8 Å². The fourth-order valence-corrected chi connectivity index (χ4v) is 4.71. The summed E-state index contributed by atoms with van der Waals surface area (Å²) in [7, 11) is -5.89. The summed E-state index contributed by atoms with van der Waals surface area (Å²) in [6, 6.07) is 16.5. The Labute approximate surface area is 201 Å². The molecule has 182 valence electrons. The van der Waals surface area contributed by atoms with Crippen LogP contribution in [0.25, 0.3) is 22.2 Å². The molecular weight excluding hydrogens is 509 g/mol. The van der Waals surface area contributed by atoms with Crippen LogP contribution in [0.3, 0.4) is 0 Å². The van der Waals surface area contributed by atoms with Crippen LogP contribution < -0.4 is 4.18 Å². The van der Waals surface area contributed by atoms with E-state index >= 15 is 0 Å². The summed E-state index contributed by atoms with van der Waals surface area (Å²) in [5, 5.41) is 0.446. The first-order chi connectivity index (χ1) is 16.4. The maximum Gasteiger partial charge on any atom is 0.534 e. The number of aryl methyl sites for hydroxylation is 1. The zero-order chi connectivity index (χ0) is 25.4. The summed E-state index contributed by atoms with van der Waals surface area (Å²) < 4.78 is 94.6. The molecule has 1 aromatic heterocycles. The second-order valence-electron chi connectivity index (χ2n) is 7.52. The van der Waals surface area contributed by atoms with Gasteiger partial charge in [-0.15, -0.1) is 11.8 Å². The Balaban J connectivity index is 1.68. The smallest absolute Gasteiger partial charge is 0.376 e. The van der Waals surface area contributed by atoms with Gasteiger partial charge in [-0.1, -0.05) is 30.3 Å². The molecule has 4 rings (SSSR count). The number of alkyl halides is 3. The van der Waals surface area contributed by atoms with Crippen molar-refractivity contribution in [1.82, 2.24) is 4.98 Å². The number of aromatic nitrogens is 1. The normalized spacial score (nSPS) is 12.2. The van der Waals surface area contributed by atoms with Gasteiger partial charge in [0.15, 0.2) is 0 Å². The van der Waals surface area contributed by atoms with Crippen molar-refractivity contribution in [3.8, 4) is 17.0 Å². The zero-order valence-corrected chi connectivity index (χ0v) is 19.6. The number of halogens is 5. The van der Waals surface area contributed by atoms with Crippen LogP contribution in [-0.2, 0) is 15.9 Å². The Morgan fingerprint density at radius 3 is 2.23 bits per heavy atom. The molecule has 0 aliphatic heterocycles. The van der Waals surface area contributed by atoms with E-state index in [1.54, 1.807) is 6.92 Å². The molecule has 0 saturated heterocycles. The van der Waals surface area contributed by atoms with Crippen molar-refractivity contribution in [3.05, 3.63) is 89.5 Å². The van der Waals surface area contributed by atoms with E-state index in [9.17, 15) is 30.4 Å². The third kappa shape index (κ3) is 5.40. The fraction of sp³-hybridized carbons (Fsp3) is 0.125. The first kappa shape index (κ1) is 24.9. The van der Waals surface area contributed by atoms with Gasteiger partial charge in [-0.2, -0.15) is 21.6 Å². The van der Waals surface area contributed by atoms with Crippen LogP contribution in [0.1, 0.15) is 11.1 Å².